The minimum Gasteiger partial charge on any atom is -0.480 e. The number of carboxylic acid groups (broad SMARTS) is 1. The van der Waals surface area contributed by atoms with Crippen molar-refractivity contribution in [2.45, 2.75) is 37.5 Å². The standard InChI is InChI=1S/C10H20BNO5/c13-7-4-10(9(14)15)8(3-6-12-10)2-1-5-11(16)17/h8,12-13,16-17H,1-7H2,(H,14,15)/t8-,10+/m1/s1. The van der Waals surface area contributed by atoms with E-state index >= 15 is 0 Å². The molecular weight excluding hydrogens is 225 g/mol. The number of aliphatic hydroxyl groups excluding tert-OH is 1. The number of carbonyl (C=O) groups is 1. The van der Waals surface area contributed by atoms with Crippen LogP contribution < -0.4 is 5.32 Å². The summed E-state index contributed by atoms with van der Waals surface area (Å²) in [5, 5.41) is 38.8. The van der Waals surface area contributed by atoms with E-state index in [9.17, 15) is 9.90 Å². The van der Waals surface area contributed by atoms with Crippen LogP contribution in [0.15, 0.2) is 0 Å². The molecule has 1 saturated heterocycles. The van der Waals surface area contributed by atoms with Gasteiger partial charge in [0.25, 0.3) is 0 Å². The lowest BCUT2D eigenvalue weighted by Crippen LogP contribution is -2.52. The summed E-state index contributed by atoms with van der Waals surface area (Å²) in [4.78, 5) is 11.3. The molecule has 0 bridgehead atoms. The average Bonchev–Trinajstić information content (AvgIpc) is 2.63. The number of aliphatic hydroxyl groups is 1. The Morgan fingerprint density at radius 3 is 2.71 bits per heavy atom. The fourth-order valence-electron chi connectivity index (χ4n) is 2.62. The number of carboxylic acids is 1. The maximum Gasteiger partial charge on any atom is 0.451 e. The molecular formula is C10H20BNO5. The highest BCUT2D eigenvalue weighted by Crippen LogP contribution is 2.34. The lowest BCUT2D eigenvalue weighted by Gasteiger charge is -2.30. The molecule has 1 aliphatic heterocycles. The number of nitrogens with one attached hydrogen (secondary N) is 1. The molecule has 6 nitrogen and oxygen atoms in total. The molecule has 0 aromatic rings. The second-order valence-corrected chi connectivity index (χ2v) is 4.57. The van der Waals surface area contributed by atoms with Crippen LogP contribution in [0.5, 0.6) is 0 Å². The highest BCUT2D eigenvalue weighted by molar-refractivity contribution is 6.40. The van der Waals surface area contributed by atoms with Gasteiger partial charge in [-0.1, -0.05) is 6.42 Å². The minimum absolute atomic E-state index is 0.0640. The Morgan fingerprint density at radius 1 is 1.47 bits per heavy atom. The summed E-state index contributed by atoms with van der Waals surface area (Å²) in [7, 11) is -1.33. The van der Waals surface area contributed by atoms with Crippen molar-refractivity contribution in [3.05, 3.63) is 0 Å². The summed E-state index contributed by atoms with van der Waals surface area (Å²) in [6.45, 7) is 0.455. The van der Waals surface area contributed by atoms with Gasteiger partial charge in [0, 0.05) is 6.61 Å². The van der Waals surface area contributed by atoms with Crippen molar-refractivity contribution in [1.82, 2.24) is 5.32 Å². The fraction of sp³-hybridized carbons (Fsp3) is 0.900. The third-order valence-electron chi connectivity index (χ3n) is 3.53. The Labute approximate surface area is 101 Å². The molecule has 1 heterocycles. The van der Waals surface area contributed by atoms with E-state index in [1.165, 1.54) is 0 Å². The summed E-state index contributed by atoms with van der Waals surface area (Å²) in [5.74, 6) is -0.996. The smallest absolute Gasteiger partial charge is 0.451 e. The van der Waals surface area contributed by atoms with E-state index in [2.05, 4.69) is 5.32 Å². The summed E-state index contributed by atoms with van der Waals surface area (Å²) in [6, 6.07) is 0. The monoisotopic (exact) mass is 245 g/mol. The van der Waals surface area contributed by atoms with Gasteiger partial charge in [0.2, 0.25) is 0 Å². The van der Waals surface area contributed by atoms with Gasteiger partial charge >= 0.3 is 13.1 Å². The van der Waals surface area contributed by atoms with E-state index in [1.807, 2.05) is 0 Å². The molecule has 0 aromatic heterocycles. The van der Waals surface area contributed by atoms with Crippen molar-refractivity contribution in [2.24, 2.45) is 5.92 Å². The lowest BCUT2D eigenvalue weighted by atomic mass is 9.76. The van der Waals surface area contributed by atoms with E-state index in [0.717, 1.165) is 6.42 Å². The molecule has 5 N–H and O–H groups in total. The first kappa shape index (κ1) is 14.4. The molecule has 0 saturated carbocycles. The first-order chi connectivity index (χ1) is 8.03. The van der Waals surface area contributed by atoms with Gasteiger partial charge in [-0.25, -0.2) is 0 Å². The van der Waals surface area contributed by atoms with Gasteiger partial charge in [0.1, 0.15) is 5.54 Å². The quantitative estimate of drug-likeness (QED) is 0.370. The van der Waals surface area contributed by atoms with Gasteiger partial charge in [-0.15, -0.1) is 0 Å². The van der Waals surface area contributed by atoms with Crippen LogP contribution in [0.2, 0.25) is 6.32 Å². The first-order valence-corrected chi connectivity index (χ1v) is 5.98. The Hall–Kier alpha value is -0.625. The van der Waals surface area contributed by atoms with Crippen molar-refractivity contribution in [1.29, 1.82) is 0 Å². The zero-order chi connectivity index (χ0) is 12.9. The van der Waals surface area contributed by atoms with Crippen molar-refractivity contribution in [2.75, 3.05) is 13.2 Å². The predicted molar refractivity (Wildman–Crippen MR) is 62.4 cm³/mol. The molecule has 0 unspecified atom stereocenters. The van der Waals surface area contributed by atoms with Gasteiger partial charge in [-0.2, -0.15) is 0 Å². The minimum atomic E-state index is -1.33. The Kier molecular flexibility index (Phi) is 5.39. The molecule has 0 amide bonds. The van der Waals surface area contributed by atoms with Crippen LogP contribution in [0.1, 0.15) is 25.7 Å². The van der Waals surface area contributed by atoms with E-state index < -0.39 is 18.6 Å². The van der Waals surface area contributed by atoms with Crippen LogP contribution >= 0.6 is 0 Å². The highest BCUT2D eigenvalue weighted by Gasteiger charge is 2.48. The van der Waals surface area contributed by atoms with Crippen LogP contribution in [0.3, 0.4) is 0 Å². The van der Waals surface area contributed by atoms with Crippen LogP contribution in [0.4, 0.5) is 0 Å². The molecule has 7 heteroatoms. The topological polar surface area (TPSA) is 110 Å². The SMILES string of the molecule is O=C(O)[C@@]1(CCO)NCC[C@H]1CCCB(O)O. The number of hydrogen-bond acceptors (Lipinski definition) is 5. The van der Waals surface area contributed by atoms with Crippen molar-refractivity contribution in [3.8, 4) is 0 Å². The van der Waals surface area contributed by atoms with Crippen LogP contribution in [0.25, 0.3) is 0 Å². The predicted octanol–water partition coefficient (Wildman–Crippen LogP) is -0.945. The van der Waals surface area contributed by atoms with Crippen molar-refractivity contribution in [3.63, 3.8) is 0 Å². The third-order valence-corrected chi connectivity index (χ3v) is 3.53. The van der Waals surface area contributed by atoms with Crippen LogP contribution in [-0.4, -0.2) is 52.0 Å². The lowest BCUT2D eigenvalue weighted by molar-refractivity contribution is -0.147. The number of aliphatic carboxylic acids is 1. The largest absolute Gasteiger partial charge is 0.480 e. The second kappa shape index (κ2) is 6.35. The molecule has 0 spiro atoms. The first-order valence-electron chi connectivity index (χ1n) is 5.98. The number of hydrogen-bond donors (Lipinski definition) is 5. The van der Waals surface area contributed by atoms with Crippen LogP contribution in [-0.2, 0) is 4.79 Å². The molecule has 98 valence electrons. The van der Waals surface area contributed by atoms with Gasteiger partial charge < -0.3 is 25.6 Å². The molecule has 0 radical (unpaired) electrons. The summed E-state index contributed by atoms with van der Waals surface area (Å²) >= 11 is 0. The van der Waals surface area contributed by atoms with Gasteiger partial charge in [0.15, 0.2) is 0 Å². The molecule has 0 aliphatic carbocycles. The average molecular weight is 245 g/mol. The van der Waals surface area contributed by atoms with E-state index in [0.29, 0.717) is 19.4 Å². The Balaban J connectivity index is 2.59. The fourth-order valence-corrected chi connectivity index (χ4v) is 2.62. The molecule has 1 rings (SSSR count). The summed E-state index contributed by atoms with van der Waals surface area (Å²) < 4.78 is 0. The zero-order valence-electron chi connectivity index (χ0n) is 9.80. The zero-order valence-corrected chi connectivity index (χ0v) is 9.80. The summed E-state index contributed by atoms with van der Waals surface area (Å²) in [6.07, 6.45) is 2.38. The van der Waals surface area contributed by atoms with Crippen molar-refractivity contribution < 1.29 is 25.1 Å². The normalized spacial score (nSPS) is 28.3. The van der Waals surface area contributed by atoms with Gasteiger partial charge in [-0.3, -0.25) is 4.79 Å². The Morgan fingerprint density at radius 2 is 2.18 bits per heavy atom. The molecule has 2 atom stereocenters. The van der Waals surface area contributed by atoms with E-state index in [4.69, 9.17) is 15.2 Å². The second-order valence-electron chi connectivity index (χ2n) is 4.57. The van der Waals surface area contributed by atoms with Gasteiger partial charge in [0.05, 0.1) is 0 Å². The third kappa shape index (κ3) is 3.42. The molecule has 0 aromatic carbocycles. The maximum absolute atomic E-state index is 11.3. The van der Waals surface area contributed by atoms with Gasteiger partial charge in [-0.05, 0) is 38.0 Å². The highest BCUT2D eigenvalue weighted by atomic mass is 16.4. The molecule has 1 aliphatic rings. The van der Waals surface area contributed by atoms with Crippen molar-refractivity contribution >= 4 is 13.1 Å². The van der Waals surface area contributed by atoms with E-state index in [1.54, 1.807) is 0 Å². The summed E-state index contributed by atoms with van der Waals surface area (Å²) in [5.41, 5.74) is -1.05. The Bertz CT molecular complexity index is 263. The molecule has 17 heavy (non-hydrogen) atoms. The van der Waals surface area contributed by atoms with E-state index in [-0.39, 0.29) is 25.3 Å². The molecule has 1 fully saturated rings. The maximum atomic E-state index is 11.3. The number of rotatable bonds is 7. The van der Waals surface area contributed by atoms with Crippen LogP contribution in [0, 0.1) is 5.92 Å².